The molecule has 0 saturated heterocycles. The molecule has 20 heavy (non-hydrogen) atoms. The first-order chi connectivity index (χ1) is 9.76. The summed E-state index contributed by atoms with van der Waals surface area (Å²) in [4.78, 5) is 10.9. The van der Waals surface area contributed by atoms with E-state index in [4.69, 9.17) is 23.7 Å². The van der Waals surface area contributed by atoms with Crippen molar-refractivity contribution in [3.05, 3.63) is 17.7 Å². The average Bonchev–Trinajstić information content (AvgIpc) is 2.48. The zero-order valence-corrected chi connectivity index (χ0v) is 11.4. The van der Waals surface area contributed by atoms with Gasteiger partial charge in [-0.2, -0.15) is 0 Å². The van der Waals surface area contributed by atoms with Crippen molar-refractivity contribution in [2.24, 2.45) is 0 Å². The number of carbonyl (C=O) groups is 1. The predicted octanol–water partition coefficient (Wildman–Crippen LogP) is 1.81. The Balaban J connectivity index is 3.10. The zero-order chi connectivity index (χ0) is 14.8. The third-order valence-electron chi connectivity index (χ3n) is 2.17. The number of rotatable bonds is 10. The molecule has 112 valence electrons. The van der Waals surface area contributed by atoms with E-state index in [1.807, 2.05) is 0 Å². The molecule has 0 aliphatic carbocycles. The lowest BCUT2D eigenvalue weighted by Crippen LogP contribution is -2.08. The maximum absolute atomic E-state index is 12.3. The van der Waals surface area contributed by atoms with Crippen molar-refractivity contribution in [3.8, 4) is 17.2 Å². The molecule has 0 heterocycles. The first kappa shape index (κ1) is 16.2. The van der Waals surface area contributed by atoms with Crippen LogP contribution in [0.25, 0.3) is 0 Å². The van der Waals surface area contributed by atoms with E-state index in [0.29, 0.717) is 11.8 Å². The number of hydrogen-bond donors (Lipinski definition) is 0. The average molecular weight is 288 g/mol. The Hall–Kier alpha value is -1.86. The van der Waals surface area contributed by atoms with Gasteiger partial charge in [0, 0.05) is 19.8 Å². The molecule has 1 aromatic carbocycles. The van der Waals surface area contributed by atoms with Crippen molar-refractivity contribution in [2.45, 2.75) is 0 Å². The molecule has 0 radical (unpaired) electrons. The summed E-state index contributed by atoms with van der Waals surface area (Å²) in [5, 5.41) is 0. The smallest absolute Gasteiger partial charge is 0.203 e. The van der Waals surface area contributed by atoms with E-state index in [-0.39, 0.29) is 37.4 Å². The van der Waals surface area contributed by atoms with E-state index >= 15 is 0 Å². The van der Waals surface area contributed by atoms with E-state index in [2.05, 4.69) is 0 Å². The molecule has 0 aliphatic rings. The van der Waals surface area contributed by atoms with E-state index in [0.717, 1.165) is 0 Å². The molecule has 1 aromatic rings. The van der Waals surface area contributed by atoms with Gasteiger partial charge in [-0.15, -0.1) is 0 Å². The van der Waals surface area contributed by atoms with Crippen LogP contribution in [0.2, 0.25) is 0 Å². The first-order valence-corrected chi connectivity index (χ1v) is 5.82. The monoisotopic (exact) mass is 288 g/mol. The number of hydrogen-bond acceptors (Lipinski definition) is 6. The molecule has 0 N–H and O–H groups in total. The Morgan fingerprint density at radius 1 is 1.05 bits per heavy atom. The highest BCUT2D eigenvalue weighted by atomic mass is 19.1. The van der Waals surface area contributed by atoms with Gasteiger partial charge < -0.3 is 23.7 Å². The molecule has 1 rings (SSSR count). The van der Waals surface area contributed by atoms with Crippen molar-refractivity contribution >= 4 is 6.29 Å². The SMILES string of the molecule is COCOc1cc(C=O)cc(OCOC)c1OCCF. The van der Waals surface area contributed by atoms with Crippen LogP contribution in [0.5, 0.6) is 17.2 Å². The Morgan fingerprint density at radius 2 is 1.60 bits per heavy atom. The van der Waals surface area contributed by atoms with Crippen LogP contribution in [0.3, 0.4) is 0 Å². The Kier molecular flexibility index (Phi) is 7.38. The number of alkyl halides is 1. The maximum atomic E-state index is 12.3. The van der Waals surface area contributed by atoms with E-state index in [1.165, 1.54) is 26.4 Å². The van der Waals surface area contributed by atoms with Crippen molar-refractivity contribution in [1.82, 2.24) is 0 Å². The minimum Gasteiger partial charge on any atom is -0.484 e. The van der Waals surface area contributed by atoms with Crippen molar-refractivity contribution in [3.63, 3.8) is 0 Å². The van der Waals surface area contributed by atoms with Crippen LogP contribution in [0.1, 0.15) is 10.4 Å². The van der Waals surface area contributed by atoms with E-state index < -0.39 is 6.67 Å². The third-order valence-corrected chi connectivity index (χ3v) is 2.17. The Bertz CT molecular complexity index is 394. The van der Waals surface area contributed by atoms with Gasteiger partial charge in [0.15, 0.2) is 25.1 Å². The quantitative estimate of drug-likeness (QED) is 0.483. The van der Waals surface area contributed by atoms with Crippen LogP contribution in [0.15, 0.2) is 12.1 Å². The standard InChI is InChI=1S/C13H17FO6/c1-16-8-19-11-5-10(7-15)6-12(20-9-17-2)13(11)18-4-3-14/h5-7H,3-4,8-9H2,1-2H3. The number of ether oxygens (including phenoxy) is 5. The summed E-state index contributed by atoms with van der Waals surface area (Å²) in [6, 6.07) is 2.92. The summed E-state index contributed by atoms with van der Waals surface area (Å²) in [7, 11) is 2.90. The van der Waals surface area contributed by atoms with E-state index in [9.17, 15) is 9.18 Å². The van der Waals surface area contributed by atoms with Gasteiger partial charge in [-0.05, 0) is 12.1 Å². The van der Waals surface area contributed by atoms with Gasteiger partial charge >= 0.3 is 0 Å². The molecule has 0 saturated carbocycles. The first-order valence-electron chi connectivity index (χ1n) is 5.82. The molecular formula is C13H17FO6. The molecule has 0 aromatic heterocycles. The maximum Gasteiger partial charge on any atom is 0.203 e. The van der Waals surface area contributed by atoms with Crippen LogP contribution in [-0.2, 0) is 9.47 Å². The fourth-order valence-corrected chi connectivity index (χ4v) is 1.41. The lowest BCUT2D eigenvalue weighted by atomic mass is 10.2. The fraction of sp³-hybridized carbons (Fsp3) is 0.462. The summed E-state index contributed by atoms with van der Waals surface area (Å²) >= 11 is 0. The molecule has 0 spiro atoms. The van der Waals surface area contributed by atoms with E-state index in [1.54, 1.807) is 0 Å². The van der Waals surface area contributed by atoms with Gasteiger partial charge in [-0.3, -0.25) is 4.79 Å². The lowest BCUT2D eigenvalue weighted by molar-refractivity contribution is 0.0408. The molecule has 0 aliphatic heterocycles. The normalized spacial score (nSPS) is 10.2. The largest absolute Gasteiger partial charge is 0.484 e. The lowest BCUT2D eigenvalue weighted by Gasteiger charge is -2.16. The summed E-state index contributed by atoms with van der Waals surface area (Å²) < 4.78 is 37.7. The Labute approximate surface area is 116 Å². The fourth-order valence-electron chi connectivity index (χ4n) is 1.41. The van der Waals surface area contributed by atoms with Gasteiger partial charge in [0.2, 0.25) is 5.75 Å². The molecule has 0 amide bonds. The number of carbonyl (C=O) groups excluding carboxylic acids is 1. The number of benzene rings is 1. The summed E-state index contributed by atoms with van der Waals surface area (Å²) in [5.41, 5.74) is 0.329. The van der Waals surface area contributed by atoms with Crippen molar-refractivity contribution in [2.75, 3.05) is 41.1 Å². The number of methoxy groups -OCH3 is 2. The highest BCUT2D eigenvalue weighted by Crippen LogP contribution is 2.38. The molecule has 6 nitrogen and oxygen atoms in total. The molecule has 7 heteroatoms. The number of halogens is 1. The summed E-state index contributed by atoms with van der Waals surface area (Å²) in [6.45, 7) is -0.911. The second-order valence-electron chi connectivity index (χ2n) is 3.60. The molecule has 0 unspecified atom stereocenters. The second kappa shape index (κ2) is 9.11. The molecular weight excluding hydrogens is 271 g/mol. The van der Waals surface area contributed by atoms with Crippen molar-refractivity contribution < 1.29 is 32.9 Å². The van der Waals surface area contributed by atoms with Crippen LogP contribution in [0.4, 0.5) is 4.39 Å². The van der Waals surface area contributed by atoms with Gasteiger partial charge in [0.05, 0.1) is 0 Å². The summed E-state index contributed by atoms with van der Waals surface area (Å²) in [5.74, 6) is 0.661. The topological polar surface area (TPSA) is 63.2 Å². The zero-order valence-electron chi connectivity index (χ0n) is 11.4. The summed E-state index contributed by atoms with van der Waals surface area (Å²) in [6.07, 6.45) is 0.637. The molecule has 0 atom stereocenters. The van der Waals surface area contributed by atoms with Crippen LogP contribution >= 0.6 is 0 Å². The van der Waals surface area contributed by atoms with Crippen LogP contribution < -0.4 is 14.2 Å². The molecule has 0 fully saturated rings. The molecule has 0 bridgehead atoms. The second-order valence-corrected chi connectivity index (χ2v) is 3.60. The van der Waals surface area contributed by atoms with Crippen molar-refractivity contribution in [1.29, 1.82) is 0 Å². The van der Waals surface area contributed by atoms with Crippen LogP contribution in [0, 0.1) is 0 Å². The minimum atomic E-state index is -0.664. The highest BCUT2D eigenvalue weighted by molar-refractivity contribution is 5.78. The third kappa shape index (κ3) is 4.67. The van der Waals surface area contributed by atoms with Crippen LogP contribution in [-0.4, -0.2) is 47.4 Å². The number of aldehydes is 1. The predicted molar refractivity (Wildman–Crippen MR) is 68.3 cm³/mol. The van der Waals surface area contributed by atoms with Gasteiger partial charge in [0.1, 0.15) is 19.6 Å². The Morgan fingerprint density at radius 3 is 2.00 bits per heavy atom. The highest BCUT2D eigenvalue weighted by Gasteiger charge is 2.15. The minimum absolute atomic E-state index is 0.0436. The van der Waals surface area contributed by atoms with Gasteiger partial charge in [-0.25, -0.2) is 4.39 Å². The van der Waals surface area contributed by atoms with Gasteiger partial charge in [-0.1, -0.05) is 0 Å². The van der Waals surface area contributed by atoms with Gasteiger partial charge in [0.25, 0.3) is 0 Å².